The fourth-order valence-corrected chi connectivity index (χ4v) is 5.65. The number of alkyl halides is 6. The first kappa shape index (κ1) is 29.8. The SMILES string of the molecule is Cc1cc(F)ccc1[C@H]1CN(N2CCCC2=O)CC[C@@H]1C(=O)N(C)[C@@H](C)c1cc(C(F)(F)F)cc(C(F)(F)F)c1. The molecule has 5 nitrogen and oxygen atoms in total. The molecule has 2 saturated heterocycles. The number of rotatable bonds is 5. The van der Waals surface area contributed by atoms with Gasteiger partial charge in [0.2, 0.25) is 11.8 Å². The zero-order valence-corrected chi connectivity index (χ0v) is 22.2. The summed E-state index contributed by atoms with van der Waals surface area (Å²) in [6.45, 7) is 4.26. The molecule has 2 aliphatic heterocycles. The summed E-state index contributed by atoms with van der Waals surface area (Å²) in [5.41, 5.74) is -1.91. The molecule has 2 amide bonds. The largest absolute Gasteiger partial charge is 0.416 e. The molecule has 2 aliphatic rings. The van der Waals surface area contributed by atoms with E-state index in [4.69, 9.17) is 0 Å². The lowest BCUT2D eigenvalue weighted by Crippen LogP contribution is -2.52. The van der Waals surface area contributed by atoms with E-state index < -0.39 is 53.1 Å². The standard InChI is InChI=1S/C28H30F7N3O2/c1-16-11-21(29)6-7-22(16)24-15-37(38-9-4-5-25(38)39)10-8-23(24)26(40)36(3)17(2)18-12-19(27(30,31)32)14-20(13-18)28(33,34)35/h6-7,11-14,17,23-24H,4-5,8-10,15H2,1-3H3/t17-,23-,24+/m0/s1. The van der Waals surface area contributed by atoms with Gasteiger partial charge in [-0.25, -0.2) is 9.40 Å². The molecule has 0 bridgehead atoms. The van der Waals surface area contributed by atoms with Gasteiger partial charge < -0.3 is 4.90 Å². The Bertz CT molecular complexity index is 1250. The van der Waals surface area contributed by atoms with Gasteiger partial charge in [0.05, 0.1) is 17.2 Å². The highest BCUT2D eigenvalue weighted by atomic mass is 19.4. The number of piperidine rings is 1. The lowest BCUT2D eigenvalue weighted by atomic mass is 9.78. The van der Waals surface area contributed by atoms with Gasteiger partial charge in [-0.1, -0.05) is 6.07 Å². The molecule has 0 N–H and O–H groups in total. The molecular formula is C28H30F7N3O2. The normalized spacial score (nSPS) is 21.6. The summed E-state index contributed by atoms with van der Waals surface area (Å²) in [7, 11) is 1.35. The van der Waals surface area contributed by atoms with Gasteiger partial charge in [-0.05, 0) is 73.7 Å². The second kappa shape index (κ2) is 11.0. The monoisotopic (exact) mass is 573 g/mol. The van der Waals surface area contributed by atoms with Gasteiger partial charge in [0, 0.05) is 44.9 Å². The molecule has 40 heavy (non-hydrogen) atoms. The molecule has 3 atom stereocenters. The van der Waals surface area contributed by atoms with Gasteiger partial charge >= 0.3 is 12.4 Å². The Morgan fingerprint density at radius 3 is 2.15 bits per heavy atom. The number of hydrazine groups is 1. The predicted octanol–water partition coefficient (Wildman–Crippen LogP) is 6.33. The van der Waals surface area contributed by atoms with Crippen LogP contribution >= 0.6 is 0 Å². The van der Waals surface area contributed by atoms with Crippen molar-refractivity contribution in [3.63, 3.8) is 0 Å². The van der Waals surface area contributed by atoms with Gasteiger partial charge in [0.15, 0.2) is 0 Å². The van der Waals surface area contributed by atoms with Crippen LogP contribution in [0.1, 0.15) is 66.0 Å². The fourth-order valence-electron chi connectivity index (χ4n) is 5.65. The molecule has 2 aromatic carbocycles. The van der Waals surface area contributed by atoms with E-state index in [1.54, 1.807) is 18.0 Å². The number of carbonyl (C=O) groups is 2. The van der Waals surface area contributed by atoms with E-state index in [0.717, 1.165) is 0 Å². The van der Waals surface area contributed by atoms with E-state index in [9.17, 15) is 40.3 Å². The smallest absolute Gasteiger partial charge is 0.339 e. The van der Waals surface area contributed by atoms with Crippen molar-refractivity contribution in [2.75, 3.05) is 26.7 Å². The molecule has 0 aromatic heterocycles. The van der Waals surface area contributed by atoms with Crippen LogP contribution in [-0.4, -0.2) is 53.4 Å². The van der Waals surface area contributed by atoms with Gasteiger partial charge in [-0.15, -0.1) is 0 Å². The fraction of sp³-hybridized carbons (Fsp3) is 0.500. The Hall–Kier alpha value is -3.15. The Morgan fingerprint density at radius 1 is 1.00 bits per heavy atom. The molecule has 12 heteroatoms. The minimum atomic E-state index is -5.01. The van der Waals surface area contributed by atoms with Crippen molar-refractivity contribution < 1.29 is 40.3 Å². The van der Waals surface area contributed by atoms with Crippen LogP contribution in [-0.2, 0) is 21.9 Å². The number of benzene rings is 2. The highest BCUT2D eigenvalue weighted by Gasteiger charge is 2.42. The van der Waals surface area contributed by atoms with Crippen molar-refractivity contribution >= 4 is 11.8 Å². The van der Waals surface area contributed by atoms with Crippen LogP contribution in [0.5, 0.6) is 0 Å². The summed E-state index contributed by atoms with van der Waals surface area (Å²) in [6.07, 6.45) is -8.62. The highest BCUT2D eigenvalue weighted by molar-refractivity contribution is 5.81. The second-order valence-corrected chi connectivity index (χ2v) is 10.5. The number of hydrogen-bond acceptors (Lipinski definition) is 3. The first-order chi connectivity index (χ1) is 18.6. The second-order valence-electron chi connectivity index (χ2n) is 10.5. The van der Waals surface area contributed by atoms with Crippen molar-refractivity contribution in [1.29, 1.82) is 0 Å². The van der Waals surface area contributed by atoms with E-state index in [1.165, 1.54) is 31.0 Å². The van der Waals surface area contributed by atoms with E-state index in [1.807, 2.05) is 5.01 Å². The number of aryl methyl sites for hydroxylation is 1. The lowest BCUT2D eigenvalue weighted by molar-refractivity contribution is -0.150. The average Bonchev–Trinajstić information content (AvgIpc) is 3.31. The van der Waals surface area contributed by atoms with Crippen LogP contribution in [0.2, 0.25) is 0 Å². The van der Waals surface area contributed by atoms with E-state index >= 15 is 0 Å². The summed E-state index contributed by atoms with van der Waals surface area (Å²) in [4.78, 5) is 27.4. The Kier molecular flexibility index (Phi) is 8.22. The molecule has 2 heterocycles. The maximum Gasteiger partial charge on any atom is 0.416 e. The topological polar surface area (TPSA) is 43.9 Å². The molecule has 2 aromatic rings. The summed E-state index contributed by atoms with van der Waals surface area (Å²) in [5, 5.41) is 3.53. The number of halogens is 7. The molecule has 4 rings (SSSR count). The van der Waals surface area contributed by atoms with Crippen LogP contribution < -0.4 is 0 Å². The molecule has 0 saturated carbocycles. The molecular weight excluding hydrogens is 543 g/mol. The van der Waals surface area contributed by atoms with Gasteiger partial charge in [0.25, 0.3) is 0 Å². The molecule has 0 aliphatic carbocycles. The van der Waals surface area contributed by atoms with Crippen molar-refractivity contribution in [2.45, 2.75) is 57.4 Å². The summed E-state index contributed by atoms with van der Waals surface area (Å²) in [5.74, 6) is -2.13. The van der Waals surface area contributed by atoms with Crippen molar-refractivity contribution in [1.82, 2.24) is 14.9 Å². The summed E-state index contributed by atoms with van der Waals surface area (Å²) in [6, 6.07) is 4.41. The van der Waals surface area contributed by atoms with Crippen molar-refractivity contribution in [3.8, 4) is 0 Å². The van der Waals surface area contributed by atoms with Crippen LogP contribution in [0.25, 0.3) is 0 Å². The summed E-state index contributed by atoms with van der Waals surface area (Å²) >= 11 is 0. The van der Waals surface area contributed by atoms with E-state index in [0.29, 0.717) is 49.2 Å². The third-order valence-electron chi connectivity index (χ3n) is 7.95. The minimum Gasteiger partial charge on any atom is -0.339 e. The first-order valence-corrected chi connectivity index (χ1v) is 12.9. The van der Waals surface area contributed by atoms with Crippen molar-refractivity contribution in [2.24, 2.45) is 5.92 Å². The third-order valence-corrected chi connectivity index (χ3v) is 7.95. The Morgan fingerprint density at radius 2 is 1.62 bits per heavy atom. The average molecular weight is 574 g/mol. The predicted molar refractivity (Wildman–Crippen MR) is 132 cm³/mol. The number of carbonyl (C=O) groups excluding carboxylic acids is 2. The zero-order chi connectivity index (χ0) is 29.6. The van der Waals surface area contributed by atoms with Crippen molar-refractivity contribution in [3.05, 3.63) is 70.0 Å². The molecule has 0 spiro atoms. The maximum absolute atomic E-state index is 13.9. The lowest BCUT2D eigenvalue weighted by Gasteiger charge is -2.43. The molecule has 2 fully saturated rings. The molecule has 218 valence electrons. The van der Waals surface area contributed by atoms with Crippen LogP contribution in [0.4, 0.5) is 30.7 Å². The number of hydrogen-bond donors (Lipinski definition) is 0. The maximum atomic E-state index is 13.9. The van der Waals surface area contributed by atoms with Crippen LogP contribution in [0, 0.1) is 18.7 Å². The number of amides is 2. The van der Waals surface area contributed by atoms with Gasteiger partial charge in [-0.3, -0.25) is 14.6 Å². The third kappa shape index (κ3) is 6.11. The molecule has 0 radical (unpaired) electrons. The van der Waals surface area contributed by atoms with Crippen LogP contribution in [0.3, 0.4) is 0 Å². The molecule has 0 unspecified atom stereocenters. The Labute approximate surface area is 227 Å². The first-order valence-electron chi connectivity index (χ1n) is 12.9. The quantitative estimate of drug-likeness (QED) is 0.393. The Balaban J connectivity index is 1.66. The van der Waals surface area contributed by atoms with Gasteiger partial charge in [-0.2, -0.15) is 26.3 Å². The van der Waals surface area contributed by atoms with Gasteiger partial charge in [0.1, 0.15) is 5.82 Å². The van der Waals surface area contributed by atoms with E-state index in [-0.39, 0.29) is 30.5 Å². The highest BCUT2D eigenvalue weighted by Crippen LogP contribution is 2.40. The van der Waals surface area contributed by atoms with Crippen LogP contribution in [0.15, 0.2) is 36.4 Å². The minimum absolute atomic E-state index is 0.0323. The summed E-state index contributed by atoms with van der Waals surface area (Å²) < 4.78 is 94.5. The number of nitrogens with zero attached hydrogens (tertiary/aromatic N) is 3. The zero-order valence-electron chi connectivity index (χ0n) is 22.2. The van der Waals surface area contributed by atoms with E-state index in [2.05, 4.69) is 0 Å².